The summed E-state index contributed by atoms with van der Waals surface area (Å²) in [4.78, 5) is 19.3. The van der Waals surface area contributed by atoms with E-state index in [9.17, 15) is 4.79 Å². The molecular weight excluding hydrogens is 314 g/mol. The van der Waals surface area contributed by atoms with Crippen molar-refractivity contribution in [3.63, 3.8) is 0 Å². The highest BCUT2D eigenvalue weighted by Gasteiger charge is 2.16. The molecule has 3 rings (SSSR count). The second-order valence-corrected chi connectivity index (χ2v) is 6.11. The van der Waals surface area contributed by atoms with Crippen LogP contribution in [0.1, 0.15) is 35.5 Å². The van der Waals surface area contributed by atoms with Gasteiger partial charge in [-0.1, -0.05) is 32.0 Å². The molecule has 2 aromatic rings. The minimum Gasteiger partial charge on any atom is -0.378 e. The van der Waals surface area contributed by atoms with Crippen molar-refractivity contribution in [1.82, 2.24) is 4.98 Å². The summed E-state index contributed by atoms with van der Waals surface area (Å²) in [6.45, 7) is 7.30. The van der Waals surface area contributed by atoms with Crippen LogP contribution in [0.15, 0.2) is 36.5 Å². The van der Waals surface area contributed by atoms with Gasteiger partial charge in [-0.05, 0) is 36.1 Å². The number of nitrogens with one attached hydrogen (secondary N) is 1. The molecule has 1 saturated heterocycles. The Balaban J connectivity index is 1.82. The van der Waals surface area contributed by atoms with E-state index in [0.717, 1.165) is 48.4 Å². The Morgan fingerprint density at radius 2 is 1.84 bits per heavy atom. The normalized spacial score (nSPS) is 14.4. The van der Waals surface area contributed by atoms with Gasteiger partial charge < -0.3 is 15.0 Å². The summed E-state index contributed by atoms with van der Waals surface area (Å²) >= 11 is 0. The quantitative estimate of drug-likeness (QED) is 0.908. The van der Waals surface area contributed by atoms with Crippen molar-refractivity contribution >= 4 is 17.3 Å². The Bertz CT molecular complexity index is 717. The van der Waals surface area contributed by atoms with Gasteiger partial charge in [0.25, 0.3) is 5.91 Å². The molecule has 0 unspecified atom stereocenters. The number of morpholine rings is 1. The number of nitrogens with zero attached hydrogens (tertiary/aromatic N) is 2. The number of aryl methyl sites for hydroxylation is 2. The topological polar surface area (TPSA) is 54.5 Å². The molecule has 1 aliphatic rings. The first-order valence-corrected chi connectivity index (χ1v) is 8.93. The summed E-state index contributed by atoms with van der Waals surface area (Å²) in [5, 5.41) is 3.08. The fourth-order valence-corrected chi connectivity index (χ4v) is 3.14. The Morgan fingerprint density at radius 1 is 1.16 bits per heavy atom. The van der Waals surface area contributed by atoms with Crippen LogP contribution in [-0.2, 0) is 17.6 Å². The average molecular weight is 339 g/mol. The highest BCUT2D eigenvalue weighted by atomic mass is 16.5. The molecular formula is C20H25N3O2. The van der Waals surface area contributed by atoms with Gasteiger partial charge in [0.15, 0.2) is 0 Å². The number of anilines is 2. The van der Waals surface area contributed by atoms with Gasteiger partial charge in [0.05, 0.1) is 13.2 Å². The maximum absolute atomic E-state index is 12.8. The molecule has 0 radical (unpaired) electrons. The molecule has 1 fully saturated rings. The molecule has 2 heterocycles. The first kappa shape index (κ1) is 17.4. The van der Waals surface area contributed by atoms with Gasteiger partial charge >= 0.3 is 0 Å². The van der Waals surface area contributed by atoms with E-state index in [1.165, 1.54) is 0 Å². The third kappa shape index (κ3) is 3.99. The van der Waals surface area contributed by atoms with Crippen LogP contribution in [0.4, 0.5) is 11.4 Å². The Labute approximate surface area is 149 Å². The summed E-state index contributed by atoms with van der Waals surface area (Å²) in [5.41, 5.74) is 4.69. The smallest absolute Gasteiger partial charge is 0.274 e. The van der Waals surface area contributed by atoms with Crippen molar-refractivity contribution in [2.24, 2.45) is 0 Å². The molecule has 1 aromatic heterocycles. The fraction of sp³-hybridized carbons (Fsp3) is 0.400. The molecule has 0 aliphatic carbocycles. The number of aromatic nitrogens is 1. The number of carbonyl (C=O) groups is 1. The second kappa shape index (κ2) is 8.12. The third-order valence-electron chi connectivity index (χ3n) is 4.59. The molecule has 132 valence electrons. The second-order valence-electron chi connectivity index (χ2n) is 6.11. The van der Waals surface area contributed by atoms with Crippen molar-refractivity contribution < 1.29 is 9.53 Å². The largest absolute Gasteiger partial charge is 0.378 e. The summed E-state index contributed by atoms with van der Waals surface area (Å²) in [6, 6.07) is 9.98. The van der Waals surface area contributed by atoms with Crippen LogP contribution in [0, 0.1) is 0 Å². The Hall–Kier alpha value is -2.40. The number of amides is 1. The molecule has 1 amide bonds. The molecule has 25 heavy (non-hydrogen) atoms. The summed E-state index contributed by atoms with van der Waals surface area (Å²) < 4.78 is 5.39. The predicted octanol–water partition coefficient (Wildman–Crippen LogP) is 3.30. The van der Waals surface area contributed by atoms with E-state index in [-0.39, 0.29) is 5.91 Å². The highest BCUT2D eigenvalue weighted by Crippen LogP contribution is 2.24. The lowest BCUT2D eigenvalue weighted by molar-refractivity contribution is 0.102. The van der Waals surface area contributed by atoms with Crippen LogP contribution < -0.4 is 10.2 Å². The lowest BCUT2D eigenvalue weighted by Gasteiger charge is -2.28. The number of hydrogen-bond acceptors (Lipinski definition) is 4. The number of hydrogen-bond donors (Lipinski definition) is 1. The van der Waals surface area contributed by atoms with E-state index >= 15 is 0 Å². The minimum absolute atomic E-state index is 0.161. The number of para-hydroxylation sites is 1. The molecule has 0 atom stereocenters. The van der Waals surface area contributed by atoms with E-state index in [1.807, 2.05) is 18.2 Å². The zero-order valence-corrected chi connectivity index (χ0v) is 14.9. The van der Waals surface area contributed by atoms with Gasteiger partial charge in [-0.15, -0.1) is 0 Å². The molecule has 0 bridgehead atoms. The van der Waals surface area contributed by atoms with Gasteiger partial charge in [0.2, 0.25) is 0 Å². The fourth-order valence-electron chi connectivity index (χ4n) is 3.14. The molecule has 0 spiro atoms. The van der Waals surface area contributed by atoms with Crippen molar-refractivity contribution in [1.29, 1.82) is 0 Å². The SMILES string of the molecule is CCc1cccc(CC)c1NC(=O)c1cc(N2CCOCC2)ccn1. The molecule has 0 saturated carbocycles. The first-order valence-electron chi connectivity index (χ1n) is 8.93. The number of rotatable bonds is 5. The molecule has 5 nitrogen and oxygen atoms in total. The van der Waals surface area contributed by atoms with Gasteiger partial charge in [-0.25, -0.2) is 0 Å². The van der Waals surface area contributed by atoms with E-state index in [4.69, 9.17) is 4.74 Å². The number of carbonyl (C=O) groups excluding carboxylic acids is 1. The monoisotopic (exact) mass is 339 g/mol. The van der Waals surface area contributed by atoms with Crippen LogP contribution in [-0.4, -0.2) is 37.2 Å². The van der Waals surface area contributed by atoms with Gasteiger partial charge in [-0.2, -0.15) is 0 Å². The van der Waals surface area contributed by atoms with Gasteiger partial charge in [0, 0.05) is 30.7 Å². The van der Waals surface area contributed by atoms with E-state index in [1.54, 1.807) is 6.20 Å². The van der Waals surface area contributed by atoms with Crippen LogP contribution in [0.3, 0.4) is 0 Å². The Kier molecular flexibility index (Phi) is 5.66. The summed E-state index contributed by atoms with van der Waals surface area (Å²) in [5.74, 6) is -0.161. The lowest BCUT2D eigenvalue weighted by Crippen LogP contribution is -2.36. The number of pyridine rings is 1. The molecule has 5 heteroatoms. The van der Waals surface area contributed by atoms with Gasteiger partial charge in [-0.3, -0.25) is 9.78 Å². The molecule has 1 N–H and O–H groups in total. The zero-order valence-electron chi connectivity index (χ0n) is 14.9. The van der Waals surface area contributed by atoms with E-state index in [0.29, 0.717) is 18.9 Å². The molecule has 1 aliphatic heterocycles. The maximum Gasteiger partial charge on any atom is 0.274 e. The number of benzene rings is 1. The minimum atomic E-state index is -0.161. The van der Waals surface area contributed by atoms with Crippen LogP contribution in [0.2, 0.25) is 0 Å². The van der Waals surface area contributed by atoms with Crippen molar-refractivity contribution in [2.75, 3.05) is 36.5 Å². The standard InChI is InChI=1S/C20H25N3O2/c1-3-15-6-5-7-16(4-2)19(15)22-20(24)18-14-17(8-9-21-18)23-10-12-25-13-11-23/h5-9,14H,3-4,10-13H2,1-2H3,(H,22,24). The zero-order chi connectivity index (χ0) is 17.6. The predicted molar refractivity (Wildman–Crippen MR) is 100 cm³/mol. The van der Waals surface area contributed by atoms with E-state index in [2.05, 4.69) is 41.2 Å². The van der Waals surface area contributed by atoms with E-state index < -0.39 is 0 Å². The van der Waals surface area contributed by atoms with Crippen LogP contribution in [0.25, 0.3) is 0 Å². The maximum atomic E-state index is 12.8. The van der Waals surface area contributed by atoms with Crippen LogP contribution in [0.5, 0.6) is 0 Å². The van der Waals surface area contributed by atoms with Gasteiger partial charge in [0.1, 0.15) is 5.69 Å². The lowest BCUT2D eigenvalue weighted by atomic mass is 10.0. The number of ether oxygens (including phenoxy) is 1. The highest BCUT2D eigenvalue weighted by molar-refractivity contribution is 6.04. The van der Waals surface area contributed by atoms with Crippen molar-refractivity contribution in [3.05, 3.63) is 53.3 Å². The van der Waals surface area contributed by atoms with Crippen molar-refractivity contribution in [2.45, 2.75) is 26.7 Å². The van der Waals surface area contributed by atoms with Crippen LogP contribution >= 0.6 is 0 Å². The summed E-state index contributed by atoms with van der Waals surface area (Å²) in [7, 11) is 0. The Morgan fingerprint density at radius 3 is 2.48 bits per heavy atom. The van der Waals surface area contributed by atoms with Crippen molar-refractivity contribution in [3.8, 4) is 0 Å². The average Bonchev–Trinajstić information content (AvgIpc) is 2.69. The summed E-state index contributed by atoms with van der Waals surface area (Å²) in [6.07, 6.45) is 3.46. The third-order valence-corrected chi connectivity index (χ3v) is 4.59. The first-order chi connectivity index (χ1) is 12.2. The molecule has 1 aromatic carbocycles.